The molecule has 5 nitrogen and oxygen atoms in total. The van der Waals surface area contributed by atoms with Crippen LogP contribution in [0.5, 0.6) is 0 Å². The highest BCUT2D eigenvalue weighted by atomic mass is 19.1. The Kier molecular flexibility index (Phi) is 3.57. The van der Waals surface area contributed by atoms with Gasteiger partial charge in [0, 0.05) is 7.11 Å². The molecule has 1 heterocycles. The second kappa shape index (κ2) is 4.30. The summed E-state index contributed by atoms with van der Waals surface area (Å²) in [6, 6.07) is 0. The summed E-state index contributed by atoms with van der Waals surface area (Å²) in [5.41, 5.74) is 0. The second-order valence-electron chi connectivity index (χ2n) is 2.90. The van der Waals surface area contributed by atoms with Crippen LogP contribution in [0.1, 0.15) is 0 Å². The average Bonchev–Trinajstić information content (AvgIpc) is 2.15. The molecule has 0 bridgehead atoms. The van der Waals surface area contributed by atoms with E-state index in [1.807, 2.05) is 0 Å². The van der Waals surface area contributed by atoms with Crippen LogP contribution in [0, 0.1) is 0 Å². The molecule has 1 rings (SSSR count). The predicted octanol–water partition coefficient (Wildman–Crippen LogP) is -1.59. The number of alkyl halides is 1. The average molecular weight is 196 g/mol. The first-order valence-electron chi connectivity index (χ1n) is 3.90. The highest BCUT2D eigenvalue weighted by Gasteiger charge is 2.43. The van der Waals surface area contributed by atoms with Gasteiger partial charge in [0.2, 0.25) is 0 Å². The first-order valence-corrected chi connectivity index (χ1v) is 3.90. The van der Waals surface area contributed by atoms with E-state index in [4.69, 9.17) is 4.74 Å². The van der Waals surface area contributed by atoms with Crippen molar-refractivity contribution in [2.75, 3.05) is 13.8 Å². The maximum absolute atomic E-state index is 12.2. The Labute approximate surface area is 74.7 Å². The zero-order chi connectivity index (χ0) is 10.0. The van der Waals surface area contributed by atoms with Crippen LogP contribution in [0.25, 0.3) is 0 Å². The Hall–Kier alpha value is -0.270. The van der Waals surface area contributed by atoms with Gasteiger partial charge in [0.25, 0.3) is 0 Å². The molecule has 0 saturated carbocycles. The number of rotatable bonds is 2. The number of hydrogen-bond donors (Lipinski definition) is 3. The summed E-state index contributed by atoms with van der Waals surface area (Å²) in [4.78, 5) is 0. The molecule has 0 aromatic carbocycles. The van der Waals surface area contributed by atoms with Gasteiger partial charge in [-0.15, -0.1) is 0 Å². The topological polar surface area (TPSA) is 79.2 Å². The van der Waals surface area contributed by atoms with Crippen molar-refractivity contribution in [3.8, 4) is 0 Å². The van der Waals surface area contributed by atoms with Crippen LogP contribution in [0.4, 0.5) is 4.39 Å². The number of aliphatic hydroxyl groups is 3. The van der Waals surface area contributed by atoms with Gasteiger partial charge in [-0.2, -0.15) is 0 Å². The molecule has 0 amide bonds. The van der Waals surface area contributed by atoms with E-state index in [9.17, 15) is 19.7 Å². The third kappa shape index (κ3) is 1.97. The largest absolute Gasteiger partial charge is 0.387 e. The summed E-state index contributed by atoms with van der Waals surface area (Å²) in [6.07, 6.45) is -6.48. The molecule has 5 atom stereocenters. The SMILES string of the molecule is CO[C@H]1O[C@H](CF)[C@H](O)[C@H](O)[C@H]1O. The summed E-state index contributed by atoms with van der Waals surface area (Å²) >= 11 is 0. The van der Waals surface area contributed by atoms with E-state index in [-0.39, 0.29) is 0 Å². The summed E-state index contributed by atoms with van der Waals surface area (Å²) in [6.45, 7) is -0.940. The molecule has 3 N–H and O–H groups in total. The summed E-state index contributed by atoms with van der Waals surface area (Å²) in [5.74, 6) is 0. The first kappa shape index (κ1) is 10.8. The Morgan fingerprint density at radius 2 is 1.85 bits per heavy atom. The van der Waals surface area contributed by atoms with Gasteiger partial charge in [0.05, 0.1) is 0 Å². The van der Waals surface area contributed by atoms with Gasteiger partial charge in [-0.1, -0.05) is 0 Å². The quantitative estimate of drug-likeness (QED) is 0.496. The van der Waals surface area contributed by atoms with Crippen LogP contribution in [0.3, 0.4) is 0 Å². The Morgan fingerprint density at radius 1 is 1.23 bits per heavy atom. The lowest BCUT2D eigenvalue weighted by Gasteiger charge is -2.38. The molecule has 0 aromatic rings. The highest BCUT2D eigenvalue weighted by Crippen LogP contribution is 2.21. The van der Waals surface area contributed by atoms with Crippen molar-refractivity contribution in [3.05, 3.63) is 0 Å². The molecule has 0 spiro atoms. The maximum atomic E-state index is 12.2. The summed E-state index contributed by atoms with van der Waals surface area (Å²) in [5, 5.41) is 27.7. The lowest BCUT2D eigenvalue weighted by atomic mass is 10.00. The Morgan fingerprint density at radius 3 is 2.31 bits per heavy atom. The van der Waals surface area contributed by atoms with E-state index < -0.39 is 37.4 Å². The maximum Gasteiger partial charge on any atom is 0.186 e. The lowest BCUT2D eigenvalue weighted by Crippen LogP contribution is -2.58. The van der Waals surface area contributed by atoms with Crippen LogP contribution < -0.4 is 0 Å². The molecular formula is C7H13FO5. The van der Waals surface area contributed by atoms with Crippen LogP contribution in [-0.2, 0) is 9.47 Å². The third-order valence-corrected chi connectivity index (χ3v) is 2.05. The minimum Gasteiger partial charge on any atom is -0.387 e. The molecule has 1 fully saturated rings. The van der Waals surface area contributed by atoms with Gasteiger partial charge in [-0.3, -0.25) is 0 Å². The number of hydrogen-bond acceptors (Lipinski definition) is 5. The molecule has 13 heavy (non-hydrogen) atoms. The van der Waals surface area contributed by atoms with E-state index in [0.29, 0.717) is 0 Å². The number of methoxy groups -OCH3 is 1. The fraction of sp³-hybridized carbons (Fsp3) is 1.00. The van der Waals surface area contributed by atoms with Gasteiger partial charge in [0.1, 0.15) is 31.1 Å². The fourth-order valence-corrected chi connectivity index (χ4v) is 1.24. The summed E-state index contributed by atoms with van der Waals surface area (Å²) in [7, 11) is 1.26. The Balaban J connectivity index is 2.66. The monoisotopic (exact) mass is 196 g/mol. The number of halogens is 1. The van der Waals surface area contributed by atoms with Crippen LogP contribution in [0.2, 0.25) is 0 Å². The summed E-state index contributed by atoms with van der Waals surface area (Å²) < 4.78 is 21.7. The second-order valence-corrected chi connectivity index (χ2v) is 2.90. The van der Waals surface area contributed by atoms with E-state index in [1.165, 1.54) is 7.11 Å². The van der Waals surface area contributed by atoms with E-state index in [2.05, 4.69) is 4.74 Å². The molecule has 78 valence electrons. The first-order chi connectivity index (χ1) is 6.11. The van der Waals surface area contributed by atoms with E-state index >= 15 is 0 Å². The number of aliphatic hydroxyl groups excluding tert-OH is 3. The fourth-order valence-electron chi connectivity index (χ4n) is 1.24. The van der Waals surface area contributed by atoms with Gasteiger partial charge >= 0.3 is 0 Å². The molecule has 0 radical (unpaired) electrons. The van der Waals surface area contributed by atoms with Crippen molar-refractivity contribution in [3.63, 3.8) is 0 Å². The van der Waals surface area contributed by atoms with Crippen molar-refractivity contribution >= 4 is 0 Å². The van der Waals surface area contributed by atoms with Gasteiger partial charge in [-0.25, -0.2) is 4.39 Å². The smallest absolute Gasteiger partial charge is 0.186 e. The van der Waals surface area contributed by atoms with Crippen molar-refractivity contribution in [2.24, 2.45) is 0 Å². The molecule has 6 heteroatoms. The molecule has 1 saturated heterocycles. The van der Waals surface area contributed by atoms with Gasteiger partial charge < -0.3 is 24.8 Å². The molecule has 1 aliphatic rings. The van der Waals surface area contributed by atoms with Crippen molar-refractivity contribution < 1.29 is 29.2 Å². The molecule has 1 aliphatic heterocycles. The zero-order valence-electron chi connectivity index (χ0n) is 7.13. The molecule has 0 aromatic heterocycles. The van der Waals surface area contributed by atoms with Gasteiger partial charge in [-0.05, 0) is 0 Å². The van der Waals surface area contributed by atoms with E-state index in [1.54, 1.807) is 0 Å². The molecular weight excluding hydrogens is 183 g/mol. The predicted molar refractivity (Wildman–Crippen MR) is 39.7 cm³/mol. The molecule has 0 aliphatic carbocycles. The Bertz CT molecular complexity index is 147. The van der Waals surface area contributed by atoms with E-state index in [0.717, 1.165) is 0 Å². The normalized spacial score (nSPS) is 46.4. The van der Waals surface area contributed by atoms with Crippen molar-refractivity contribution in [2.45, 2.75) is 30.7 Å². The highest BCUT2D eigenvalue weighted by molar-refractivity contribution is 4.88. The third-order valence-electron chi connectivity index (χ3n) is 2.05. The minimum atomic E-state index is -1.44. The lowest BCUT2D eigenvalue weighted by molar-refractivity contribution is -0.291. The standard InChI is InChI=1S/C7H13FO5/c1-12-7-6(11)5(10)4(9)3(2-8)13-7/h3-7,9-11H,2H2,1H3/t3-,4+,5+,6-,7+/m1/s1. The van der Waals surface area contributed by atoms with Crippen LogP contribution in [-0.4, -0.2) is 59.8 Å². The van der Waals surface area contributed by atoms with Crippen molar-refractivity contribution in [1.29, 1.82) is 0 Å². The molecule has 0 unspecified atom stereocenters. The van der Waals surface area contributed by atoms with Crippen molar-refractivity contribution in [1.82, 2.24) is 0 Å². The van der Waals surface area contributed by atoms with Crippen LogP contribution >= 0.6 is 0 Å². The number of ether oxygens (including phenoxy) is 2. The van der Waals surface area contributed by atoms with Gasteiger partial charge in [0.15, 0.2) is 6.29 Å². The minimum absolute atomic E-state index is 0.940. The van der Waals surface area contributed by atoms with Crippen LogP contribution in [0.15, 0.2) is 0 Å². The zero-order valence-corrected chi connectivity index (χ0v) is 7.13.